The number of anilines is 2. The molecular formula is C20H15F4N5. The minimum Gasteiger partial charge on any atom is -0.340 e. The summed E-state index contributed by atoms with van der Waals surface area (Å²) in [5.41, 5.74) is 0.825. The number of aryl methyl sites for hydroxylation is 1. The van der Waals surface area contributed by atoms with Crippen LogP contribution >= 0.6 is 0 Å². The number of hydrogen-bond donors (Lipinski definition) is 1. The van der Waals surface area contributed by atoms with Gasteiger partial charge in [-0.1, -0.05) is 18.2 Å². The van der Waals surface area contributed by atoms with Crippen LogP contribution in [0.25, 0.3) is 5.78 Å². The summed E-state index contributed by atoms with van der Waals surface area (Å²) in [5.74, 6) is 0.781. The van der Waals surface area contributed by atoms with Crippen molar-refractivity contribution in [2.75, 3.05) is 5.32 Å². The van der Waals surface area contributed by atoms with Crippen LogP contribution in [-0.2, 0) is 12.6 Å². The average molecular weight is 401 g/mol. The highest BCUT2D eigenvalue weighted by atomic mass is 19.4. The van der Waals surface area contributed by atoms with Crippen LogP contribution in [-0.4, -0.2) is 19.6 Å². The van der Waals surface area contributed by atoms with Gasteiger partial charge in [0.05, 0.1) is 5.56 Å². The molecule has 2 aromatic carbocycles. The third-order valence-electron chi connectivity index (χ3n) is 4.20. The zero-order valence-corrected chi connectivity index (χ0v) is 15.2. The number of alkyl halides is 3. The number of hydrogen-bond acceptors (Lipinski definition) is 4. The molecule has 0 amide bonds. The van der Waals surface area contributed by atoms with Crippen LogP contribution in [0.4, 0.5) is 29.1 Å². The van der Waals surface area contributed by atoms with Crippen molar-refractivity contribution >= 4 is 17.3 Å². The Morgan fingerprint density at radius 2 is 1.79 bits per heavy atom. The van der Waals surface area contributed by atoms with Gasteiger partial charge in [-0.25, -0.2) is 9.37 Å². The Hall–Kier alpha value is -3.49. The summed E-state index contributed by atoms with van der Waals surface area (Å²) in [5, 5.41) is 7.33. The molecule has 0 aliphatic carbocycles. The van der Waals surface area contributed by atoms with E-state index in [1.807, 2.05) is 0 Å². The average Bonchev–Trinajstić information content (AvgIpc) is 3.03. The molecule has 5 nitrogen and oxygen atoms in total. The molecule has 2 aromatic heterocycles. The lowest BCUT2D eigenvalue weighted by atomic mass is 10.1. The van der Waals surface area contributed by atoms with E-state index >= 15 is 0 Å². The number of nitrogens with one attached hydrogen (secondary N) is 1. The number of fused-ring (bicyclic) bond motifs is 1. The number of rotatable bonds is 4. The van der Waals surface area contributed by atoms with Crippen LogP contribution in [0.15, 0.2) is 54.6 Å². The lowest BCUT2D eigenvalue weighted by Gasteiger charge is -2.11. The van der Waals surface area contributed by atoms with Crippen molar-refractivity contribution in [1.29, 1.82) is 0 Å². The summed E-state index contributed by atoms with van der Waals surface area (Å²) in [4.78, 5) is 8.67. The van der Waals surface area contributed by atoms with Gasteiger partial charge in [0, 0.05) is 23.9 Å². The van der Waals surface area contributed by atoms with Crippen LogP contribution in [0.3, 0.4) is 0 Å². The van der Waals surface area contributed by atoms with Crippen molar-refractivity contribution in [2.24, 2.45) is 0 Å². The Morgan fingerprint density at radius 1 is 1.00 bits per heavy atom. The summed E-state index contributed by atoms with van der Waals surface area (Å²) in [7, 11) is 0. The molecular weight excluding hydrogens is 386 g/mol. The summed E-state index contributed by atoms with van der Waals surface area (Å²) in [6.45, 7) is 1.75. The van der Waals surface area contributed by atoms with Crippen molar-refractivity contribution in [2.45, 2.75) is 19.5 Å². The first-order valence-corrected chi connectivity index (χ1v) is 8.70. The number of halogens is 4. The van der Waals surface area contributed by atoms with E-state index in [9.17, 15) is 17.6 Å². The predicted molar refractivity (Wildman–Crippen MR) is 99.5 cm³/mol. The lowest BCUT2D eigenvalue weighted by Crippen LogP contribution is -2.06. The standard InChI is InChI=1S/C20H15F4N5/c1-12-8-18(26-16-7-3-5-14(11-16)20(22,23)24)29-19(25-12)27-17(28-29)10-13-4-2-6-15(21)9-13/h2-9,11,26H,10H2,1H3. The summed E-state index contributed by atoms with van der Waals surface area (Å²) < 4.78 is 53.7. The molecule has 0 unspecified atom stereocenters. The number of benzene rings is 2. The van der Waals surface area contributed by atoms with E-state index in [-0.39, 0.29) is 11.5 Å². The molecule has 0 saturated carbocycles. The highest BCUT2D eigenvalue weighted by Crippen LogP contribution is 2.31. The molecule has 4 aromatic rings. The fraction of sp³-hybridized carbons (Fsp3) is 0.150. The van der Waals surface area contributed by atoms with Gasteiger partial charge in [-0.2, -0.15) is 22.7 Å². The van der Waals surface area contributed by atoms with Gasteiger partial charge in [-0.15, -0.1) is 5.10 Å². The molecule has 0 fully saturated rings. The van der Waals surface area contributed by atoms with Crippen LogP contribution in [0.1, 0.15) is 22.6 Å². The van der Waals surface area contributed by atoms with Crippen molar-refractivity contribution in [1.82, 2.24) is 19.6 Å². The van der Waals surface area contributed by atoms with E-state index in [4.69, 9.17) is 0 Å². The van der Waals surface area contributed by atoms with E-state index in [1.165, 1.54) is 28.8 Å². The summed E-state index contributed by atoms with van der Waals surface area (Å²) in [6.07, 6.45) is -4.14. The van der Waals surface area contributed by atoms with Gasteiger partial charge in [-0.05, 0) is 42.8 Å². The van der Waals surface area contributed by atoms with Crippen molar-refractivity contribution < 1.29 is 17.6 Å². The number of aromatic nitrogens is 4. The fourth-order valence-electron chi connectivity index (χ4n) is 2.94. The van der Waals surface area contributed by atoms with E-state index in [1.54, 1.807) is 25.1 Å². The Kier molecular flexibility index (Phi) is 4.65. The summed E-state index contributed by atoms with van der Waals surface area (Å²) in [6, 6.07) is 12.6. The lowest BCUT2D eigenvalue weighted by molar-refractivity contribution is -0.137. The molecule has 0 aliphatic heterocycles. The smallest absolute Gasteiger partial charge is 0.340 e. The minimum absolute atomic E-state index is 0.258. The van der Waals surface area contributed by atoms with Gasteiger partial charge in [0.15, 0.2) is 5.82 Å². The Balaban J connectivity index is 1.69. The summed E-state index contributed by atoms with van der Waals surface area (Å²) >= 11 is 0. The highest BCUT2D eigenvalue weighted by Gasteiger charge is 2.30. The minimum atomic E-state index is -4.44. The first kappa shape index (κ1) is 18.9. The fourth-order valence-corrected chi connectivity index (χ4v) is 2.94. The largest absolute Gasteiger partial charge is 0.416 e. The van der Waals surface area contributed by atoms with Crippen molar-refractivity contribution in [3.8, 4) is 0 Å². The molecule has 0 bridgehead atoms. The third kappa shape index (κ3) is 4.18. The molecule has 0 aliphatic rings. The van der Waals surface area contributed by atoms with Gasteiger partial charge >= 0.3 is 6.18 Å². The second-order valence-electron chi connectivity index (χ2n) is 6.53. The molecule has 1 N–H and O–H groups in total. The third-order valence-corrected chi connectivity index (χ3v) is 4.20. The Bertz CT molecular complexity index is 1180. The number of nitrogens with zero attached hydrogens (tertiary/aromatic N) is 4. The topological polar surface area (TPSA) is 55.1 Å². The highest BCUT2D eigenvalue weighted by molar-refractivity contribution is 5.59. The van der Waals surface area contributed by atoms with Crippen LogP contribution in [0.2, 0.25) is 0 Å². The van der Waals surface area contributed by atoms with Crippen molar-refractivity contribution in [3.63, 3.8) is 0 Å². The maximum Gasteiger partial charge on any atom is 0.416 e. The SMILES string of the molecule is Cc1cc(Nc2cccc(C(F)(F)F)c2)n2nc(Cc3cccc(F)c3)nc2n1. The molecule has 4 rings (SSSR count). The molecule has 29 heavy (non-hydrogen) atoms. The quantitative estimate of drug-likeness (QED) is 0.493. The van der Waals surface area contributed by atoms with Gasteiger partial charge < -0.3 is 5.32 Å². The van der Waals surface area contributed by atoms with E-state index in [0.29, 0.717) is 35.1 Å². The zero-order chi connectivity index (χ0) is 20.6. The maximum absolute atomic E-state index is 13.4. The molecule has 9 heteroatoms. The van der Waals surface area contributed by atoms with Crippen molar-refractivity contribution in [3.05, 3.63) is 83.1 Å². The van der Waals surface area contributed by atoms with Crippen LogP contribution < -0.4 is 5.32 Å². The molecule has 148 valence electrons. The zero-order valence-electron chi connectivity index (χ0n) is 15.2. The molecule has 0 radical (unpaired) electrons. The van der Waals surface area contributed by atoms with Gasteiger partial charge in [0.25, 0.3) is 5.78 Å². The maximum atomic E-state index is 13.4. The second kappa shape index (κ2) is 7.16. The molecule has 2 heterocycles. The predicted octanol–water partition coefficient (Wildman–Crippen LogP) is 4.93. The monoisotopic (exact) mass is 401 g/mol. The Morgan fingerprint density at radius 3 is 2.55 bits per heavy atom. The first-order chi connectivity index (χ1) is 13.8. The van der Waals surface area contributed by atoms with Crippen LogP contribution in [0, 0.1) is 12.7 Å². The molecule has 0 saturated heterocycles. The van der Waals surface area contributed by atoms with Gasteiger partial charge in [0.1, 0.15) is 11.6 Å². The van der Waals surface area contributed by atoms with Crippen LogP contribution in [0.5, 0.6) is 0 Å². The normalized spacial score (nSPS) is 11.8. The first-order valence-electron chi connectivity index (χ1n) is 8.70. The molecule has 0 atom stereocenters. The second-order valence-corrected chi connectivity index (χ2v) is 6.53. The van der Waals surface area contributed by atoms with Gasteiger partial charge in [-0.3, -0.25) is 0 Å². The van der Waals surface area contributed by atoms with E-state index in [2.05, 4.69) is 20.4 Å². The van der Waals surface area contributed by atoms with Gasteiger partial charge in [0.2, 0.25) is 0 Å². The Labute approximate surface area is 163 Å². The van der Waals surface area contributed by atoms with E-state index < -0.39 is 11.7 Å². The molecule has 0 spiro atoms. The van der Waals surface area contributed by atoms with E-state index in [0.717, 1.165) is 12.1 Å².